The molecule has 8 heteroatoms. The van der Waals surface area contributed by atoms with Gasteiger partial charge < -0.3 is 0 Å². The number of thiophene rings is 1. The molecule has 1 N–H and O–H groups in total. The third-order valence-electron chi connectivity index (χ3n) is 4.54. The first kappa shape index (κ1) is 19.3. The number of nitrogens with one attached hydrogen (secondary N) is 1. The summed E-state index contributed by atoms with van der Waals surface area (Å²) in [4.78, 5) is 3.57. The van der Waals surface area contributed by atoms with Crippen molar-refractivity contribution >= 4 is 21.5 Å². The molecule has 1 unspecified atom stereocenters. The van der Waals surface area contributed by atoms with Crippen LogP contribution in [0.1, 0.15) is 37.1 Å². The van der Waals surface area contributed by atoms with Gasteiger partial charge in [0.1, 0.15) is 0 Å². The lowest BCUT2D eigenvalue weighted by molar-refractivity contribution is 0.140. The molecule has 24 heavy (non-hydrogen) atoms. The highest BCUT2D eigenvalue weighted by atomic mass is 32.2. The largest absolute Gasteiger partial charge is 0.294 e. The molecule has 1 aliphatic heterocycles. The zero-order valence-corrected chi connectivity index (χ0v) is 15.9. The van der Waals surface area contributed by atoms with E-state index in [4.69, 9.17) is 5.26 Å². The van der Waals surface area contributed by atoms with Crippen LogP contribution in [0.3, 0.4) is 0 Å². The SMILES string of the molecule is CC1CCN(C(CNS(=O)(=O)N(C)CCC#N)c2cccs2)CC1. The monoisotopic (exact) mass is 370 g/mol. The highest BCUT2D eigenvalue weighted by molar-refractivity contribution is 7.87. The van der Waals surface area contributed by atoms with E-state index in [0.29, 0.717) is 6.54 Å². The second-order valence-corrected chi connectivity index (χ2v) is 9.17. The molecule has 2 heterocycles. The van der Waals surface area contributed by atoms with Gasteiger partial charge in [-0.05, 0) is 43.3 Å². The average Bonchev–Trinajstić information content (AvgIpc) is 3.08. The van der Waals surface area contributed by atoms with Crippen molar-refractivity contribution in [3.8, 4) is 6.07 Å². The van der Waals surface area contributed by atoms with Crippen molar-refractivity contribution in [3.63, 3.8) is 0 Å². The highest BCUT2D eigenvalue weighted by Crippen LogP contribution is 2.29. The van der Waals surface area contributed by atoms with Crippen molar-refractivity contribution in [2.24, 2.45) is 5.92 Å². The summed E-state index contributed by atoms with van der Waals surface area (Å²) in [6.07, 6.45) is 2.49. The van der Waals surface area contributed by atoms with Crippen LogP contribution in [0.4, 0.5) is 0 Å². The first-order chi connectivity index (χ1) is 11.4. The standard InChI is InChI=1S/C16H26N4O2S2/c1-14-6-10-20(11-7-14)15(16-5-3-12-23-16)13-18-24(21,22)19(2)9-4-8-17/h3,5,12,14-15,18H,4,6-7,9-11,13H2,1-2H3. The molecule has 1 aromatic heterocycles. The number of hydrogen-bond acceptors (Lipinski definition) is 5. The summed E-state index contributed by atoms with van der Waals surface area (Å²) in [5, 5.41) is 10.6. The minimum atomic E-state index is -3.56. The minimum Gasteiger partial charge on any atom is -0.294 e. The lowest BCUT2D eigenvalue weighted by Crippen LogP contribution is -2.45. The summed E-state index contributed by atoms with van der Waals surface area (Å²) in [5.41, 5.74) is 0. The van der Waals surface area contributed by atoms with Gasteiger partial charge in [0.05, 0.1) is 12.1 Å². The third-order valence-corrected chi connectivity index (χ3v) is 7.05. The quantitative estimate of drug-likeness (QED) is 0.761. The molecule has 1 fully saturated rings. The Morgan fingerprint density at radius 1 is 1.50 bits per heavy atom. The Morgan fingerprint density at radius 2 is 2.21 bits per heavy atom. The molecule has 1 aromatic rings. The number of nitrogens with zero attached hydrogens (tertiary/aromatic N) is 3. The van der Waals surface area contributed by atoms with Crippen LogP contribution >= 0.6 is 11.3 Å². The van der Waals surface area contributed by atoms with Gasteiger partial charge in [0.15, 0.2) is 0 Å². The first-order valence-electron chi connectivity index (χ1n) is 8.29. The number of nitriles is 1. The maximum Gasteiger partial charge on any atom is 0.279 e. The van der Waals surface area contributed by atoms with Gasteiger partial charge in [-0.2, -0.15) is 18.0 Å². The number of hydrogen-bond donors (Lipinski definition) is 1. The molecule has 1 aliphatic rings. The van der Waals surface area contributed by atoms with Gasteiger partial charge in [-0.3, -0.25) is 4.90 Å². The normalized spacial score (nSPS) is 18.6. The minimum absolute atomic E-state index is 0.0663. The van der Waals surface area contributed by atoms with Crippen LogP contribution in [0.5, 0.6) is 0 Å². The van der Waals surface area contributed by atoms with Crippen LogP contribution in [0.25, 0.3) is 0 Å². The molecular weight excluding hydrogens is 344 g/mol. The van der Waals surface area contributed by atoms with E-state index in [-0.39, 0.29) is 19.0 Å². The number of rotatable bonds is 8. The predicted octanol–water partition coefficient (Wildman–Crippen LogP) is 2.20. The van der Waals surface area contributed by atoms with Crippen LogP contribution in [0.15, 0.2) is 17.5 Å². The van der Waals surface area contributed by atoms with E-state index in [1.54, 1.807) is 11.3 Å². The first-order valence-corrected chi connectivity index (χ1v) is 10.6. The summed E-state index contributed by atoms with van der Waals surface area (Å²) >= 11 is 1.67. The highest BCUT2D eigenvalue weighted by Gasteiger charge is 2.27. The molecule has 1 atom stereocenters. The maximum absolute atomic E-state index is 12.3. The molecule has 0 bridgehead atoms. The van der Waals surface area contributed by atoms with E-state index in [0.717, 1.165) is 31.8 Å². The number of piperidine rings is 1. The van der Waals surface area contributed by atoms with E-state index in [2.05, 4.69) is 22.6 Å². The molecular formula is C16H26N4O2S2. The van der Waals surface area contributed by atoms with Crippen molar-refractivity contribution in [1.82, 2.24) is 13.9 Å². The Bertz CT molecular complexity index is 632. The second-order valence-electron chi connectivity index (χ2n) is 6.33. The fourth-order valence-electron chi connectivity index (χ4n) is 2.85. The van der Waals surface area contributed by atoms with Gasteiger partial charge in [0, 0.05) is 31.4 Å². The van der Waals surface area contributed by atoms with E-state index in [9.17, 15) is 8.42 Å². The molecule has 2 rings (SSSR count). The van der Waals surface area contributed by atoms with Crippen LogP contribution in [0.2, 0.25) is 0 Å². The zero-order chi connectivity index (χ0) is 17.6. The summed E-state index contributed by atoms with van der Waals surface area (Å²) in [6.45, 7) is 4.82. The zero-order valence-electron chi connectivity index (χ0n) is 14.3. The van der Waals surface area contributed by atoms with Gasteiger partial charge in [-0.15, -0.1) is 11.3 Å². The van der Waals surface area contributed by atoms with Crippen LogP contribution in [-0.2, 0) is 10.2 Å². The Kier molecular flexibility index (Phi) is 7.19. The summed E-state index contributed by atoms with van der Waals surface area (Å²) < 4.78 is 28.6. The van der Waals surface area contributed by atoms with E-state index in [1.165, 1.54) is 16.2 Å². The van der Waals surface area contributed by atoms with Crippen molar-refractivity contribution in [2.45, 2.75) is 32.2 Å². The average molecular weight is 371 g/mol. The smallest absolute Gasteiger partial charge is 0.279 e. The number of likely N-dealkylation sites (tertiary alicyclic amines) is 1. The molecule has 0 saturated carbocycles. The van der Waals surface area contributed by atoms with Gasteiger partial charge in [-0.1, -0.05) is 13.0 Å². The molecule has 0 spiro atoms. The Labute approximate surface area is 149 Å². The van der Waals surface area contributed by atoms with Gasteiger partial charge in [-0.25, -0.2) is 4.72 Å². The third kappa shape index (κ3) is 5.26. The molecule has 0 amide bonds. The van der Waals surface area contributed by atoms with Gasteiger partial charge in [0.25, 0.3) is 10.2 Å². The lowest BCUT2D eigenvalue weighted by Gasteiger charge is -2.36. The Hall–Kier alpha value is -0.980. The van der Waals surface area contributed by atoms with Gasteiger partial charge >= 0.3 is 0 Å². The molecule has 0 radical (unpaired) electrons. The maximum atomic E-state index is 12.3. The van der Waals surface area contributed by atoms with Crippen LogP contribution < -0.4 is 4.72 Å². The summed E-state index contributed by atoms with van der Waals surface area (Å²) in [7, 11) is -2.06. The summed E-state index contributed by atoms with van der Waals surface area (Å²) in [5.74, 6) is 0.735. The fourth-order valence-corrected chi connectivity index (χ4v) is 4.63. The molecule has 134 valence electrons. The Morgan fingerprint density at radius 3 is 2.79 bits per heavy atom. The van der Waals surface area contributed by atoms with E-state index < -0.39 is 10.2 Å². The van der Waals surface area contributed by atoms with Crippen molar-refractivity contribution in [2.75, 3.05) is 33.2 Å². The molecule has 0 aromatic carbocycles. The van der Waals surface area contributed by atoms with E-state index >= 15 is 0 Å². The van der Waals surface area contributed by atoms with E-state index in [1.807, 2.05) is 17.5 Å². The van der Waals surface area contributed by atoms with Crippen molar-refractivity contribution in [1.29, 1.82) is 5.26 Å². The topological polar surface area (TPSA) is 76.4 Å². The van der Waals surface area contributed by atoms with Crippen LogP contribution in [-0.4, -0.2) is 50.8 Å². The van der Waals surface area contributed by atoms with Gasteiger partial charge in [0.2, 0.25) is 0 Å². The molecule has 6 nitrogen and oxygen atoms in total. The molecule has 1 saturated heterocycles. The Balaban J connectivity index is 2.02. The predicted molar refractivity (Wildman–Crippen MR) is 96.8 cm³/mol. The van der Waals surface area contributed by atoms with Crippen LogP contribution in [0, 0.1) is 17.2 Å². The fraction of sp³-hybridized carbons (Fsp3) is 0.688. The van der Waals surface area contributed by atoms with Crippen molar-refractivity contribution < 1.29 is 8.42 Å². The summed E-state index contributed by atoms with van der Waals surface area (Å²) in [6, 6.07) is 6.12. The second kappa shape index (κ2) is 8.92. The lowest BCUT2D eigenvalue weighted by atomic mass is 9.97. The van der Waals surface area contributed by atoms with Crippen molar-refractivity contribution in [3.05, 3.63) is 22.4 Å². The molecule has 0 aliphatic carbocycles.